The van der Waals surface area contributed by atoms with Crippen LogP contribution >= 0.6 is 11.6 Å². The molecule has 14 heavy (non-hydrogen) atoms. The Morgan fingerprint density at radius 3 is 2.79 bits per heavy atom. The summed E-state index contributed by atoms with van der Waals surface area (Å²) in [5, 5.41) is 0. The van der Waals surface area contributed by atoms with E-state index in [1.807, 2.05) is 0 Å². The molecule has 0 amide bonds. The summed E-state index contributed by atoms with van der Waals surface area (Å²) >= 11 is 5.68. The van der Waals surface area contributed by atoms with Crippen LogP contribution in [0.3, 0.4) is 0 Å². The molecule has 0 heterocycles. The average molecular weight is 214 g/mol. The second kappa shape index (κ2) is 4.86. The first kappa shape index (κ1) is 10.9. The van der Waals surface area contributed by atoms with Gasteiger partial charge in [0, 0.05) is 11.9 Å². The second-order valence-corrected chi connectivity index (χ2v) is 2.83. The number of rotatable bonds is 3. The van der Waals surface area contributed by atoms with Gasteiger partial charge in [-0.2, -0.15) is 0 Å². The molecule has 0 unspecified atom stereocenters. The topological polar surface area (TPSA) is 35.5 Å². The number of alkyl halides is 1. The monoisotopic (exact) mass is 213 g/mol. The molecule has 0 aliphatic heterocycles. The number of hydrogen-bond acceptors (Lipinski definition) is 3. The Morgan fingerprint density at radius 2 is 2.29 bits per heavy atom. The Labute approximate surface area is 87.6 Å². The highest BCUT2D eigenvalue weighted by Gasteiger charge is 2.11. The summed E-state index contributed by atoms with van der Waals surface area (Å²) in [7, 11) is 2.85. The Balaban J connectivity index is 3.11. The van der Waals surface area contributed by atoms with Gasteiger partial charge in [-0.3, -0.25) is 0 Å². The Bertz CT molecular complexity index is 336. The molecule has 1 rings (SSSR count). The number of esters is 1. The van der Waals surface area contributed by atoms with Crippen LogP contribution in [0.15, 0.2) is 12.1 Å². The lowest BCUT2D eigenvalue weighted by Gasteiger charge is -2.06. The van der Waals surface area contributed by atoms with E-state index in [0.29, 0.717) is 16.9 Å². The van der Waals surface area contributed by atoms with Crippen molar-refractivity contribution in [3.05, 3.63) is 29.3 Å². The van der Waals surface area contributed by atoms with Crippen molar-refractivity contribution in [3.8, 4) is 5.75 Å². The van der Waals surface area contributed by atoms with E-state index >= 15 is 0 Å². The number of halogens is 1. The molecule has 75 valence electrons. The molecule has 1 aromatic carbocycles. The molecule has 0 aliphatic carbocycles. The van der Waals surface area contributed by atoms with Gasteiger partial charge in [0.05, 0.1) is 19.8 Å². The van der Waals surface area contributed by atoms with Crippen LogP contribution in [-0.2, 0) is 10.6 Å². The van der Waals surface area contributed by atoms with Gasteiger partial charge < -0.3 is 9.47 Å². The van der Waals surface area contributed by atoms with Crippen molar-refractivity contribution in [3.63, 3.8) is 0 Å². The maximum absolute atomic E-state index is 11.3. The summed E-state index contributed by atoms with van der Waals surface area (Å²) in [5.41, 5.74) is 1.09. The highest BCUT2D eigenvalue weighted by Crippen LogP contribution is 2.19. The van der Waals surface area contributed by atoms with Crippen LogP contribution in [0.4, 0.5) is 0 Å². The van der Waals surface area contributed by atoms with Crippen molar-refractivity contribution in [2.45, 2.75) is 5.88 Å². The van der Waals surface area contributed by atoms with Crippen LogP contribution < -0.4 is 4.74 Å². The first-order valence-electron chi connectivity index (χ1n) is 3.95. The standard InChI is InChI=1S/C10H10ClO3/c1-13-8-3-4-9(10(12)14-2)7(5-8)6-11/h4-5H,6H2,1-2H3. The number of methoxy groups -OCH3 is 2. The molecular formula is C10H10ClO3. The molecule has 0 aliphatic rings. The summed E-state index contributed by atoms with van der Waals surface area (Å²) < 4.78 is 9.55. The lowest BCUT2D eigenvalue weighted by molar-refractivity contribution is 0.0599. The van der Waals surface area contributed by atoms with E-state index in [2.05, 4.69) is 10.8 Å². The third kappa shape index (κ3) is 2.17. The van der Waals surface area contributed by atoms with Crippen LogP contribution in [0.2, 0.25) is 0 Å². The van der Waals surface area contributed by atoms with Gasteiger partial charge in [-0.25, -0.2) is 4.79 Å². The molecule has 4 heteroatoms. The van der Waals surface area contributed by atoms with Crippen molar-refractivity contribution < 1.29 is 14.3 Å². The Kier molecular flexibility index (Phi) is 3.77. The van der Waals surface area contributed by atoms with E-state index in [0.717, 1.165) is 0 Å². The number of carbonyl (C=O) groups is 1. The average Bonchev–Trinajstić information content (AvgIpc) is 2.27. The normalized spacial score (nSPS) is 9.64. The molecule has 0 aromatic heterocycles. The second-order valence-electron chi connectivity index (χ2n) is 2.57. The first-order chi connectivity index (χ1) is 6.72. The van der Waals surface area contributed by atoms with Crippen molar-refractivity contribution in [2.75, 3.05) is 14.2 Å². The smallest absolute Gasteiger partial charge is 0.338 e. The van der Waals surface area contributed by atoms with E-state index in [1.54, 1.807) is 6.07 Å². The zero-order valence-electron chi connectivity index (χ0n) is 7.96. The number of hydrogen-bond donors (Lipinski definition) is 0. The van der Waals surface area contributed by atoms with Gasteiger partial charge in [0.2, 0.25) is 0 Å². The van der Waals surface area contributed by atoms with Crippen molar-refractivity contribution >= 4 is 17.6 Å². The van der Waals surface area contributed by atoms with Gasteiger partial charge in [-0.05, 0) is 17.7 Å². The maximum Gasteiger partial charge on any atom is 0.338 e. The molecule has 1 radical (unpaired) electrons. The van der Waals surface area contributed by atoms with Crippen LogP contribution in [0.1, 0.15) is 15.9 Å². The highest BCUT2D eigenvalue weighted by molar-refractivity contribution is 6.17. The predicted octanol–water partition coefficient (Wildman–Crippen LogP) is 2.02. The summed E-state index contributed by atoms with van der Waals surface area (Å²) in [4.78, 5) is 11.3. The van der Waals surface area contributed by atoms with Crippen LogP contribution in [0, 0.1) is 6.07 Å². The van der Waals surface area contributed by atoms with E-state index in [1.165, 1.54) is 20.3 Å². The summed E-state index contributed by atoms with van der Waals surface area (Å²) in [5.74, 6) is 0.364. The SMILES string of the molecule is COC(=O)c1c[c]c(OC)cc1CCl. The molecule has 0 saturated heterocycles. The van der Waals surface area contributed by atoms with Crippen LogP contribution in [0.5, 0.6) is 5.75 Å². The summed E-state index contributed by atoms with van der Waals surface area (Å²) in [6.07, 6.45) is 0. The fraction of sp³-hybridized carbons (Fsp3) is 0.300. The minimum atomic E-state index is -0.417. The van der Waals surface area contributed by atoms with Gasteiger partial charge >= 0.3 is 5.97 Å². The van der Waals surface area contributed by atoms with E-state index in [9.17, 15) is 4.79 Å². The molecule has 0 bridgehead atoms. The molecular weight excluding hydrogens is 204 g/mol. The van der Waals surface area contributed by atoms with Crippen molar-refractivity contribution in [2.24, 2.45) is 0 Å². The predicted molar refractivity (Wildman–Crippen MR) is 52.7 cm³/mol. The van der Waals surface area contributed by atoms with E-state index in [4.69, 9.17) is 16.3 Å². The quantitative estimate of drug-likeness (QED) is 0.569. The minimum absolute atomic E-state index is 0.232. The van der Waals surface area contributed by atoms with Gasteiger partial charge in [-0.1, -0.05) is 0 Å². The molecule has 0 fully saturated rings. The fourth-order valence-electron chi connectivity index (χ4n) is 1.04. The number of carbonyl (C=O) groups excluding carboxylic acids is 1. The first-order valence-corrected chi connectivity index (χ1v) is 4.49. The van der Waals surface area contributed by atoms with Gasteiger partial charge in [0.25, 0.3) is 0 Å². The molecule has 0 N–H and O–H groups in total. The fourth-order valence-corrected chi connectivity index (χ4v) is 1.26. The molecule has 0 spiro atoms. The largest absolute Gasteiger partial charge is 0.496 e. The van der Waals surface area contributed by atoms with Gasteiger partial charge in [0.15, 0.2) is 0 Å². The van der Waals surface area contributed by atoms with Crippen molar-refractivity contribution in [1.29, 1.82) is 0 Å². The Morgan fingerprint density at radius 1 is 1.57 bits per heavy atom. The van der Waals surface area contributed by atoms with Crippen molar-refractivity contribution in [1.82, 2.24) is 0 Å². The minimum Gasteiger partial charge on any atom is -0.496 e. The third-order valence-corrected chi connectivity index (χ3v) is 2.07. The third-order valence-electron chi connectivity index (χ3n) is 1.78. The van der Waals surface area contributed by atoms with E-state index < -0.39 is 5.97 Å². The number of ether oxygens (including phenoxy) is 2. The Hall–Kier alpha value is -1.22. The van der Waals surface area contributed by atoms with E-state index in [-0.39, 0.29) is 5.88 Å². The molecule has 0 saturated carbocycles. The van der Waals surface area contributed by atoms with Gasteiger partial charge in [-0.15, -0.1) is 11.6 Å². The maximum atomic E-state index is 11.3. The summed E-state index contributed by atoms with van der Waals surface area (Å²) in [6.45, 7) is 0. The summed E-state index contributed by atoms with van der Waals surface area (Å²) in [6, 6.07) is 5.98. The van der Waals surface area contributed by atoms with Gasteiger partial charge in [0.1, 0.15) is 5.75 Å². The lowest BCUT2D eigenvalue weighted by Crippen LogP contribution is -2.05. The van der Waals surface area contributed by atoms with Crippen LogP contribution in [-0.4, -0.2) is 20.2 Å². The van der Waals surface area contributed by atoms with Crippen LogP contribution in [0.25, 0.3) is 0 Å². The molecule has 0 atom stereocenters. The highest BCUT2D eigenvalue weighted by atomic mass is 35.5. The number of benzene rings is 1. The molecule has 3 nitrogen and oxygen atoms in total. The zero-order valence-corrected chi connectivity index (χ0v) is 8.72. The zero-order chi connectivity index (χ0) is 10.6. The lowest BCUT2D eigenvalue weighted by atomic mass is 10.1. The molecule has 1 aromatic rings.